The van der Waals surface area contributed by atoms with Crippen molar-refractivity contribution in [2.45, 2.75) is 0 Å². The maximum absolute atomic E-state index is 13.3. The fraction of sp³-hybridized carbons (Fsp3) is 0. The van der Waals surface area contributed by atoms with Gasteiger partial charge in [0, 0.05) is 11.1 Å². The molecular weight excluding hydrogens is 410 g/mol. The van der Waals surface area contributed by atoms with E-state index in [1.54, 1.807) is 30.3 Å². The van der Waals surface area contributed by atoms with E-state index in [1.807, 2.05) is 66.7 Å². The first-order chi connectivity index (χ1) is 15.2. The van der Waals surface area contributed by atoms with Gasteiger partial charge in [-0.3, -0.25) is 4.79 Å². The van der Waals surface area contributed by atoms with Crippen LogP contribution >= 0.6 is 11.6 Å². The third-order valence-electron chi connectivity index (χ3n) is 4.86. The summed E-state index contributed by atoms with van der Waals surface area (Å²) in [6.07, 6.45) is 1.65. The molecule has 0 radical (unpaired) electrons. The number of oxazole rings is 1. The minimum absolute atomic E-state index is 0.206. The normalized spacial score (nSPS) is 11.7. The third kappa shape index (κ3) is 3.81. The average molecular weight is 426 g/mol. The summed E-state index contributed by atoms with van der Waals surface area (Å²) in [5.41, 5.74) is 2.92. The van der Waals surface area contributed by atoms with E-state index in [0.29, 0.717) is 38.8 Å². The molecule has 0 spiro atoms. The van der Waals surface area contributed by atoms with Gasteiger partial charge in [0.1, 0.15) is 17.0 Å². The molecule has 4 nitrogen and oxygen atoms in total. The summed E-state index contributed by atoms with van der Waals surface area (Å²) in [5.74, 6) is 1.14. The van der Waals surface area contributed by atoms with Crippen molar-refractivity contribution in [2.75, 3.05) is 0 Å². The number of halogens is 1. The molecule has 150 valence electrons. The second kappa shape index (κ2) is 8.09. The molecule has 3 aromatic carbocycles. The Labute approximate surface area is 183 Å². The number of hydrogen-bond donors (Lipinski definition) is 0. The van der Waals surface area contributed by atoms with E-state index < -0.39 is 0 Å². The number of furan rings is 1. The highest BCUT2D eigenvalue weighted by atomic mass is 35.5. The van der Waals surface area contributed by atoms with E-state index in [-0.39, 0.29) is 11.7 Å². The highest BCUT2D eigenvalue weighted by molar-refractivity contribution is 6.33. The van der Waals surface area contributed by atoms with Gasteiger partial charge in [-0.1, -0.05) is 66.2 Å². The van der Waals surface area contributed by atoms with E-state index >= 15 is 0 Å². The van der Waals surface area contributed by atoms with E-state index in [9.17, 15) is 4.79 Å². The summed E-state index contributed by atoms with van der Waals surface area (Å²) in [7, 11) is 0. The Bertz CT molecular complexity index is 1380. The Balaban J connectivity index is 1.61. The largest absolute Gasteiger partial charge is 0.457 e. The zero-order valence-corrected chi connectivity index (χ0v) is 17.0. The Morgan fingerprint density at radius 3 is 2.35 bits per heavy atom. The number of nitrogens with zero attached hydrogens (tertiary/aromatic N) is 1. The lowest BCUT2D eigenvalue weighted by Gasteiger charge is -2.03. The molecule has 0 aliphatic heterocycles. The van der Waals surface area contributed by atoms with Gasteiger partial charge in [-0.05, 0) is 42.5 Å². The van der Waals surface area contributed by atoms with Gasteiger partial charge >= 0.3 is 0 Å². The van der Waals surface area contributed by atoms with Crippen LogP contribution in [-0.4, -0.2) is 10.8 Å². The van der Waals surface area contributed by atoms with Crippen molar-refractivity contribution in [1.29, 1.82) is 0 Å². The van der Waals surface area contributed by atoms with Crippen molar-refractivity contribution in [3.05, 3.63) is 113 Å². The summed E-state index contributed by atoms with van der Waals surface area (Å²) in [6, 6.07) is 27.5. The number of fused-ring (bicyclic) bond motifs is 1. The molecule has 0 N–H and O–H groups in total. The van der Waals surface area contributed by atoms with Crippen LogP contribution < -0.4 is 0 Å². The summed E-state index contributed by atoms with van der Waals surface area (Å²) < 4.78 is 11.9. The fourth-order valence-electron chi connectivity index (χ4n) is 3.34. The highest BCUT2D eigenvalue weighted by Crippen LogP contribution is 2.31. The maximum Gasteiger partial charge on any atom is 0.231 e. The molecular formula is C26H16ClNO3. The number of para-hydroxylation sites is 2. The smallest absolute Gasteiger partial charge is 0.231 e. The first kappa shape index (κ1) is 19.1. The minimum atomic E-state index is -0.206. The van der Waals surface area contributed by atoms with Crippen molar-refractivity contribution in [1.82, 2.24) is 4.98 Å². The van der Waals surface area contributed by atoms with Crippen LogP contribution in [0, 0.1) is 0 Å². The fourth-order valence-corrected chi connectivity index (χ4v) is 3.56. The van der Waals surface area contributed by atoms with Gasteiger partial charge in [0.25, 0.3) is 0 Å². The van der Waals surface area contributed by atoms with Gasteiger partial charge in [-0.15, -0.1) is 0 Å². The van der Waals surface area contributed by atoms with E-state index in [1.165, 1.54) is 0 Å². The molecule has 0 aliphatic carbocycles. The average Bonchev–Trinajstić information content (AvgIpc) is 3.45. The van der Waals surface area contributed by atoms with E-state index in [0.717, 1.165) is 5.56 Å². The monoisotopic (exact) mass is 425 g/mol. The van der Waals surface area contributed by atoms with Crippen molar-refractivity contribution in [3.63, 3.8) is 0 Å². The maximum atomic E-state index is 13.3. The lowest BCUT2D eigenvalue weighted by Crippen LogP contribution is -2.03. The lowest BCUT2D eigenvalue weighted by atomic mass is 10.0. The second-order valence-corrected chi connectivity index (χ2v) is 7.33. The predicted molar refractivity (Wildman–Crippen MR) is 122 cm³/mol. The number of carbonyl (C=O) groups excluding carboxylic acids is 1. The van der Waals surface area contributed by atoms with Crippen molar-refractivity contribution < 1.29 is 13.6 Å². The predicted octanol–water partition coefficient (Wildman–Crippen LogP) is 7.16. The lowest BCUT2D eigenvalue weighted by molar-refractivity contribution is 0.105. The first-order valence-electron chi connectivity index (χ1n) is 9.71. The van der Waals surface area contributed by atoms with Crippen LogP contribution in [0.3, 0.4) is 0 Å². The van der Waals surface area contributed by atoms with Gasteiger partial charge in [-0.25, -0.2) is 4.98 Å². The zero-order valence-electron chi connectivity index (χ0n) is 16.3. The Hall–Kier alpha value is -3.89. The molecule has 31 heavy (non-hydrogen) atoms. The van der Waals surface area contributed by atoms with Gasteiger partial charge in [0.2, 0.25) is 5.89 Å². The van der Waals surface area contributed by atoms with Crippen molar-refractivity contribution in [2.24, 2.45) is 0 Å². The topological polar surface area (TPSA) is 56.2 Å². The number of aromatic nitrogens is 1. The standard InChI is InChI=1S/C26H16ClNO3/c27-21-11-5-4-10-19(21)23-15-14-18(30-23)16-20(25(29)17-8-2-1-3-9-17)26-28-22-12-6-7-13-24(22)31-26/h1-16H/b20-16-. The third-order valence-corrected chi connectivity index (χ3v) is 5.19. The minimum Gasteiger partial charge on any atom is -0.457 e. The van der Waals surface area contributed by atoms with Crippen LogP contribution in [0.25, 0.3) is 34.1 Å². The Morgan fingerprint density at radius 1 is 0.806 bits per heavy atom. The molecule has 5 heteroatoms. The molecule has 5 rings (SSSR count). The molecule has 5 aromatic rings. The number of Topliss-reactive ketones (excluding diaryl/α,β-unsaturated/α-hetero) is 1. The molecule has 0 unspecified atom stereocenters. The van der Waals surface area contributed by atoms with Gasteiger partial charge < -0.3 is 8.83 Å². The second-order valence-electron chi connectivity index (χ2n) is 6.92. The van der Waals surface area contributed by atoms with Gasteiger partial charge in [-0.2, -0.15) is 0 Å². The molecule has 2 aromatic heterocycles. The van der Waals surface area contributed by atoms with Gasteiger partial charge in [0.05, 0.1) is 10.6 Å². The molecule has 0 fully saturated rings. The number of ketones is 1. The summed E-state index contributed by atoms with van der Waals surface area (Å²) >= 11 is 6.29. The summed E-state index contributed by atoms with van der Waals surface area (Å²) in [5, 5.41) is 0.590. The molecule has 0 aliphatic rings. The van der Waals surface area contributed by atoms with Crippen LogP contribution in [0.2, 0.25) is 5.02 Å². The number of benzene rings is 3. The van der Waals surface area contributed by atoms with Crippen molar-refractivity contribution in [3.8, 4) is 11.3 Å². The Morgan fingerprint density at radius 2 is 1.55 bits per heavy atom. The van der Waals surface area contributed by atoms with Gasteiger partial charge in [0.15, 0.2) is 11.4 Å². The summed E-state index contributed by atoms with van der Waals surface area (Å²) in [4.78, 5) is 17.8. The molecule has 2 heterocycles. The van der Waals surface area contributed by atoms with E-state index in [4.69, 9.17) is 20.4 Å². The van der Waals surface area contributed by atoms with Crippen molar-refractivity contribution >= 4 is 40.1 Å². The van der Waals surface area contributed by atoms with Crippen LogP contribution in [0.5, 0.6) is 0 Å². The zero-order chi connectivity index (χ0) is 21.2. The number of allylic oxidation sites excluding steroid dienone is 1. The molecule has 0 bridgehead atoms. The van der Waals surface area contributed by atoms with Crippen LogP contribution in [-0.2, 0) is 0 Å². The van der Waals surface area contributed by atoms with Crippen LogP contribution in [0.15, 0.2) is 99.8 Å². The van der Waals surface area contributed by atoms with Crippen LogP contribution in [0.4, 0.5) is 0 Å². The number of rotatable bonds is 5. The highest BCUT2D eigenvalue weighted by Gasteiger charge is 2.21. The number of carbonyl (C=O) groups is 1. The number of hydrogen-bond acceptors (Lipinski definition) is 4. The molecule has 0 saturated carbocycles. The molecule has 0 atom stereocenters. The SMILES string of the molecule is O=C(/C(=C/c1ccc(-c2ccccc2Cl)o1)c1nc2ccccc2o1)c1ccccc1. The Kier molecular flexibility index (Phi) is 4.98. The quantitative estimate of drug-likeness (QED) is 0.221. The first-order valence-corrected chi connectivity index (χ1v) is 10.1. The van der Waals surface area contributed by atoms with E-state index in [2.05, 4.69) is 4.98 Å². The molecule has 0 amide bonds. The summed E-state index contributed by atoms with van der Waals surface area (Å²) in [6.45, 7) is 0. The van der Waals surface area contributed by atoms with Crippen LogP contribution in [0.1, 0.15) is 22.0 Å². The molecule has 0 saturated heterocycles.